The standard InChI is InChI=1S/C15H19N3O3/c19-7-8-21-14-4-2-1-3-11(14)15-17-5-6-18(15)12-9-16-10-13(12)20/h1-6,12-13,16,19-20H,7-10H2/t12-,13+/m1/s1. The molecule has 0 aliphatic carbocycles. The molecule has 2 atom stereocenters. The van der Waals surface area contributed by atoms with Crippen LogP contribution in [0.3, 0.4) is 0 Å². The van der Waals surface area contributed by atoms with Gasteiger partial charge in [0.2, 0.25) is 0 Å². The average Bonchev–Trinajstić information content (AvgIpc) is 3.13. The molecule has 1 aliphatic heterocycles. The van der Waals surface area contributed by atoms with Gasteiger partial charge in [-0.05, 0) is 12.1 Å². The highest BCUT2D eigenvalue weighted by Crippen LogP contribution is 2.31. The number of nitrogens with zero attached hydrogens (tertiary/aromatic N) is 2. The van der Waals surface area contributed by atoms with Crippen molar-refractivity contribution >= 4 is 0 Å². The Kier molecular flexibility index (Phi) is 4.19. The van der Waals surface area contributed by atoms with Gasteiger partial charge in [-0.3, -0.25) is 0 Å². The number of aliphatic hydroxyl groups excluding tert-OH is 2. The van der Waals surface area contributed by atoms with E-state index in [1.165, 1.54) is 0 Å². The Morgan fingerprint density at radius 1 is 1.33 bits per heavy atom. The summed E-state index contributed by atoms with van der Waals surface area (Å²) < 4.78 is 7.55. The van der Waals surface area contributed by atoms with Gasteiger partial charge in [0.25, 0.3) is 0 Å². The van der Waals surface area contributed by atoms with Gasteiger partial charge in [0.1, 0.15) is 18.2 Å². The number of imidazole rings is 1. The average molecular weight is 289 g/mol. The number of hydrogen-bond donors (Lipinski definition) is 3. The minimum absolute atomic E-state index is 0.0337. The minimum Gasteiger partial charge on any atom is -0.490 e. The fraction of sp³-hybridized carbons (Fsp3) is 0.400. The Morgan fingerprint density at radius 2 is 2.19 bits per heavy atom. The Hall–Kier alpha value is -1.89. The molecular weight excluding hydrogens is 270 g/mol. The van der Waals surface area contributed by atoms with Crippen molar-refractivity contribution in [2.45, 2.75) is 12.1 Å². The number of benzene rings is 1. The lowest BCUT2D eigenvalue weighted by atomic mass is 10.1. The van der Waals surface area contributed by atoms with Crippen LogP contribution in [0.2, 0.25) is 0 Å². The molecule has 0 amide bonds. The Morgan fingerprint density at radius 3 is 2.95 bits per heavy atom. The summed E-state index contributed by atoms with van der Waals surface area (Å²) in [4.78, 5) is 4.42. The molecule has 0 radical (unpaired) electrons. The normalized spacial score (nSPS) is 21.6. The zero-order valence-electron chi connectivity index (χ0n) is 11.6. The van der Waals surface area contributed by atoms with Crippen LogP contribution in [-0.2, 0) is 0 Å². The first kappa shape index (κ1) is 14.1. The number of β-amino-alcohol motifs (C(OH)–C–C–N with tert-alkyl or cyclic N) is 1. The molecule has 1 aromatic heterocycles. The van der Waals surface area contributed by atoms with E-state index in [0.717, 1.165) is 11.4 Å². The van der Waals surface area contributed by atoms with Gasteiger partial charge >= 0.3 is 0 Å². The highest BCUT2D eigenvalue weighted by molar-refractivity contribution is 5.64. The third kappa shape index (κ3) is 2.78. The van der Waals surface area contributed by atoms with Crippen LogP contribution >= 0.6 is 0 Å². The van der Waals surface area contributed by atoms with E-state index < -0.39 is 6.10 Å². The number of nitrogens with one attached hydrogen (secondary N) is 1. The lowest BCUT2D eigenvalue weighted by Gasteiger charge is -2.19. The van der Waals surface area contributed by atoms with Gasteiger partial charge in [0.15, 0.2) is 0 Å². The number of para-hydroxylation sites is 1. The highest BCUT2D eigenvalue weighted by Gasteiger charge is 2.28. The van der Waals surface area contributed by atoms with Crippen molar-refractivity contribution in [3.8, 4) is 17.1 Å². The summed E-state index contributed by atoms with van der Waals surface area (Å²) in [5.74, 6) is 1.44. The molecule has 1 aliphatic rings. The summed E-state index contributed by atoms with van der Waals surface area (Å²) >= 11 is 0. The first-order valence-corrected chi connectivity index (χ1v) is 7.06. The molecule has 0 saturated carbocycles. The van der Waals surface area contributed by atoms with E-state index >= 15 is 0 Å². The molecule has 21 heavy (non-hydrogen) atoms. The van der Waals surface area contributed by atoms with Gasteiger partial charge in [-0.2, -0.15) is 0 Å². The summed E-state index contributed by atoms with van der Waals surface area (Å²) in [6, 6.07) is 7.56. The summed E-state index contributed by atoms with van der Waals surface area (Å²) in [6.07, 6.45) is 3.17. The third-order valence-corrected chi connectivity index (χ3v) is 3.65. The van der Waals surface area contributed by atoms with Crippen molar-refractivity contribution in [1.29, 1.82) is 0 Å². The molecule has 0 unspecified atom stereocenters. The molecule has 2 aromatic rings. The molecule has 6 nitrogen and oxygen atoms in total. The van der Waals surface area contributed by atoms with Crippen LogP contribution < -0.4 is 10.1 Å². The number of hydrogen-bond acceptors (Lipinski definition) is 5. The second-order valence-corrected chi connectivity index (χ2v) is 5.02. The lowest BCUT2D eigenvalue weighted by molar-refractivity contribution is 0.151. The molecule has 1 aromatic carbocycles. The summed E-state index contributed by atoms with van der Waals surface area (Å²) in [5, 5.41) is 22.2. The van der Waals surface area contributed by atoms with Gasteiger partial charge in [0.05, 0.1) is 24.3 Å². The number of aliphatic hydroxyl groups is 2. The number of rotatable bonds is 5. The van der Waals surface area contributed by atoms with Crippen LogP contribution in [0.25, 0.3) is 11.4 Å². The number of aromatic nitrogens is 2. The second-order valence-electron chi connectivity index (χ2n) is 5.02. The molecule has 3 rings (SSSR count). The molecule has 0 spiro atoms. The SMILES string of the molecule is OCCOc1ccccc1-c1nccn1[C@@H]1CNC[C@@H]1O. The van der Waals surface area contributed by atoms with E-state index in [1.54, 1.807) is 6.20 Å². The second kappa shape index (κ2) is 6.26. The van der Waals surface area contributed by atoms with E-state index in [0.29, 0.717) is 18.8 Å². The summed E-state index contributed by atoms with van der Waals surface area (Å²) in [6.45, 7) is 1.51. The van der Waals surface area contributed by atoms with Crippen LogP contribution in [-0.4, -0.2) is 52.2 Å². The van der Waals surface area contributed by atoms with Crippen molar-refractivity contribution in [3.63, 3.8) is 0 Å². The van der Waals surface area contributed by atoms with Crippen LogP contribution in [0.15, 0.2) is 36.7 Å². The Balaban J connectivity index is 1.96. The van der Waals surface area contributed by atoms with Gasteiger partial charge in [-0.25, -0.2) is 4.98 Å². The van der Waals surface area contributed by atoms with E-state index in [2.05, 4.69) is 10.3 Å². The van der Waals surface area contributed by atoms with Gasteiger partial charge < -0.3 is 24.8 Å². The first-order valence-electron chi connectivity index (χ1n) is 7.06. The monoisotopic (exact) mass is 289 g/mol. The lowest BCUT2D eigenvalue weighted by Crippen LogP contribution is -2.22. The van der Waals surface area contributed by atoms with Crippen molar-refractivity contribution < 1.29 is 14.9 Å². The van der Waals surface area contributed by atoms with Crippen LogP contribution in [0.1, 0.15) is 6.04 Å². The van der Waals surface area contributed by atoms with Crippen molar-refractivity contribution in [2.75, 3.05) is 26.3 Å². The first-order chi connectivity index (χ1) is 10.3. The summed E-state index contributed by atoms with van der Waals surface area (Å²) in [5.41, 5.74) is 0.857. The van der Waals surface area contributed by atoms with Gasteiger partial charge in [-0.15, -0.1) is 0 Å². The molecule has 3 N–H and O–H groups in total. The van der Waals surface area contributed by atoms with Gasteiger partial charge in [-0.1, -0.05) is 12.1 Å². The maximum atomic E-state index is 10.1. The molecule has 112 valence electrons. The maximum Gasteiger partial charge on any atom is 0.144 e. The number of ether oxygens (including phenoxy) is 1. The molecule has 2 heterocycles. The smallest absolute Gasteiger partial charge is 0.144 e. The Labute approximate surface area is 123 Å². The Bertz CT molecular complexity index is 599. The molecule has 1 saturated heterocycles. The largest absolute Gasteiger partial charge is 0.490 e. The van der Waals surface area contributed by atoms with E-state index in [1.807, 2.05) is 35.0 Å². The van der Waals surface area contributed by atoms with Crippen LogP contribution in [0.5, 0.6) is 5.75 Å². The third-order valence-electron chi connectivity index (χ3n) is 3.65. The fourth-order valence-electron chi connectivity index (χ4n) is 2.66. The molecule has 1 fully saturated rings. The fourth-order valence-corrected chi connectivity index (χ4v) is 2.66. The zero-order valence-corrected chi connectivity index (χ0v) is 11.6. The van der Waals surface area contributed by atoms with E-state index in [4.69, 9.17) is 9.84 Å². The topological polar surface area (TPSA) is 79.5 Å². The van der Waals surface area contributed by atoms with Crippen molar-refractivity contribution in [2.24, 2.45) is 0 Å². The summed E-state index contributed by atoms with van der Waals surface area (Å²) in [7, 11) is 0. The van der Waals surface area contributed by atoms with Crippen LogP contribution in [0.4, 0.5) is 0 Å². The van der Waals surface area contributed by atoms with Crippen molar-refractivity contribution in [3.05, 3.63) is 36.7 Å². The maximum absolute atomic E-state index is 10.1. The van der Waals surface area contributed by atoms with Crippen molar-refractivity contribution in [1.82, 2.24) is 14.9 Å². The molecule has 6 heteroatoms. The zero-order chi connectivity index (χ0) is 14.7. The van der Waals surface area contributed by atoms with E-state index in [9.17, 15) is 5.11 Å². The van der Waals surface area contributed by atoms with Gasteiger partial charge in [0, 0.05) is 25.5 Å². The van der Waals surface area contributed by atoms with E-state index in [-0.39, 0.29) is 19.3 Å². The predicted octanol–water partition coefficient (Wildman–Crippen LogP) is 0.426. The highest BCUT2D eigenvalue weighted by atomic mass is 16.5. The predicted molar refractivity (Wildman–Crippen MR) is 78.2 cm³/mol. The van der Waals surface area contributed by atoms with Crippen LogP contribution in [0, 0.1) is 0 Å². The minimum atomic E-state index is -0.427. The molecule has 0 bridgehead atoms. The molecular formula is C15H19N3O3. The quantitative estimate of drug-likeness (QED) is 0.744.